The molecule has 1 aromatic heterocycles. The number of hydrogen-bond donors (Lipinski definition) is 2. The SMILES string of the molecule is O=C(CCN1CCCO1)N1CCN(c2cc(=O)[nH]cn2)C[C@H](O)C1. The minimum atomic E-state index is -0.680. The van der Waals surface area contributed by atoms with Gasteiger partial charge in [-0.05, 0) is 6.42 Å². The molecule has 0 aromatic carbocycles. The maximum absolute atomic E-state index is 12.4. The van der Waals surface area contributed by atoms with Gasteiger partial charge in [-0.1, -0.05) is 0 Å². The van der Waals surface area contributed by atoms with Crippen LogP contribution in [0.4, 0.5) is 5.82 Å². The number of amides is 1. The zero-order valence-corrected chi connectivity index (χ0v) is 13.6. The van der Waals surface area contributed by atoms with E-state index in [4.69, 9.17) is 4.84 Å². The average molecular weight is 337 g/mol. The van der Waals surface area contributed by atoms with Gasteiger partial charge in [-0.15, -0.1) is 0 Å². The molecule has 0 bridgehead atoms. The summed E-state index contributed by atoms with van der Waals surface area (Å²) in [4.78, 5) is 39.3. The fourth-order valence-electron chi connectivity index (χ4n) is 3.01. The van der Waals surface area contributed by atoms with Crippen LogP contribution in [0.1, 0.15) is 12.8 Å². The number of H-pyrrole nitrogens is 1. The summed E-state index contributed by atoms with van der Waals surface area (Å²) >= 11 is 0. The van der Waals surface area contributed by atoms with Crippen LogP contribution in [0.3, 0.4) is 0 Å². The highest BCUT2D eigenvalue weighted by molar-refractivity contribution is 5.76. The van der Waals surface area contributed by atoms with Crippen molar-refractivity contribution in [1.82, 2.24) is 19.9 Å². The molecule has 2 N–H and O–H groups in total. The zero-order chi connectivity index (χ0) is 16.9. The summed E-state index contributed by atoms with van der Waals surface area (Å²) in [5.74, 6) is 0.517. The second kappa shape index (κ2) is 7.73. The number of anilines is 1. The lowest BCUT2D eigenvalue weighted by atomic mass is 10.3. The minimum Gasteiger partial charge on any atom is -0.389 e. The van der Waals surface area contributed by atoms with Crippen molar-refractivity contribution in [3.8, 4) is 0 Å². The Morgan fingerprint density at radius 3 is 3.00 bits per heavy atom. The van der Waals surface area contributed by atoms with Gasteiger partial charge in [0.1, 0.15) is 5.82 Å². The van der Waals surface area contributed by atoms with Crippen LogP contribution >= 0.6 is 0 Å². The average Bonchev–Trinajstić information content (AvgIpc) is 3.00. The molecule has 2 aliphatic heterocycles. The van der Waals surface area contributed by atoms with E-state index in [9.17, 15) is 14.7 Å². The van der Waals surface area contributed by atoms with Gasteiger partial charge in [-0.3, -0.25) is 14.4 Å². The zero-order valence-electron chi connectivity index (χ0n) is 13.6. The molecular formula is C15H23N5O4. The third kappa shape index (κ3) is 4.31. The van der Waals surface area contributed by atoms with Gasteiger partial charge in [0.2, 0.25) is 5.91 Å². The van der Waals surface area contributed by atoms with Crippen LogP contribution in [0, 0.1) is 0 Å². The van der Waals surface area contributed by atoms with Crippen molar-refractivity contribution in [2.75, 3.05) is 50.8 Å². The van der Waals surface area contributed by atoms with Crippen LogP contribution in [0.5, 0.6) is 0 Å². The first-order valence-corrected chi connectivity index (χ1v) is 8.25. The normalized spacial score (nSPS) is 22.6. The molecule has 0 spiro atoms. The van der Waals surface area contributed by atoms with Crippen molar-refractivity contribution in [2.24, 2.45) is 0 Å². The molecule has 0 radical (unpaired) electrons. The quantitative estimate of drug-likeness (QED) is 0.712. The van der Waals surface area contributed by atoms with Gasteiger partial charge < -0.3 is 19.9 Å². The number of rotatable bonds is 4. The molecule has 0 unspecified atom stereocenters. The van der Waals surface area contributed by atoms with Crippen molar-refractivity contribution >= 4 is 11.7 Å². The van der Waals surface area contributed by atoms with Gasteiger partial charge in [0.05, 0.1) is 19.0 Å². The summed E-state index contributed by atoms with van der Waals surface area (Å²) in [5, 5.41) is 12.0. The summed E-state index contributed by atoms with van der Waals surface area (Å²) in [6, 6.07) is 1.40. The molecule has 9 heteroatoms. The lowest BCUT2D eigenvalue weighted by Gasteiger charge is -2.23. The highest BCUT2D eigenvalue weighted by Gasteiger charge is 2.25. The lowest BCUT2D eigenvalue weighted by Crippen LogP contribution is -2.39. The summed E-state index contributed by atoms with van der Waals surface area (Å²) in [5.41, 5.74) is -0.239. The number of nitrogens with zero attached hydrogens (tertiary/aromatic N) is 4. The first-order valence-electron chi connectivity index (χ1n) is 8.25. The Bertz CT molecular complexity index is 616. The number of β-amino-alcohol motifs (C(OH)–C–C–N with tert-alkyl or cyclic N) is 1. The second-order valence-electron chi connectivity index (χ2n) is 6.07. The van der Waals surface area contributed by atoms with Crippen LogP contribution in [0.15, 0.2) is 17.2 Å². The van der Waals surface area contributed by atoms with Crippen molar-refractivity contribution < 1.29 is 14.7 Å². The molecule has 1 aromatic rings. The Hall–Kier alpha value is -1.97. The number of aliphatic hydroxyl groups excluding tert-OH is 1. The molecule has 9 nitrogen and oxygen atoms in total. The van der Waals surface area contributed by atoms with E-state index in [1.54, 1.807) is 4.90 Å². The van der Waals surface area contributed by atoms with Crippen LogP contribution in [-0.2, 0) is 9.63 Å². The number of carbonyl (C=O) groups is 1. The largest absolute Gasteiger partial charge is 0.389 e. The van der Waals surface area contributed by atoms with E-state index in [1.807, 2.05) is 9.96 Å². The third-order valence-electron chi connectivity index (χ3n) is 4.24. The smallest absolute Gasteiger partial charge is 0.252 e. The van der Waals surface area contributed by atoms with Crippen LogP contribution in [-0.4, -0.2) is 82.9 Å². The monoisotopic (exact) mass is 337 g/mol. The second-order valence-corrected chi connectivity index (χ2v) is 6.07. The molecule has 2 aliphatic rings. The Labute approximate surface area is 139 Å². The minimum absolute atomic E-state index is 0.00488. The summed E-state index contributed by atoms with van der Waals surface area (Å²) in [6.45, 7) is 3.80. The third-order valence-corrected chi connectivity index (χ3v) is 4.24. The molecule has 1 amide bonds. The Kier molecular flexibility index (Phi) is 5.44. The molecule has 132 valence electrons. The number of aliphatic hydroxyl groups is 1. The van der Waals surface area contributed by atoms with Gasteiger partial charge in [0.15, 0.2) is 0 Å². The van der Waals surface area contributed by atoms with E-state index >= 15 is 0 Å². The summed E-state index contributed by atoms with van der Waals surface area (Å²) in [7, 11) is 0. The topological polar surface area (TPSA) is 102 Å². The van der Waals surface area contributed by atoms with E-state index in [2.05, 4.69) is 9.97 Å². The predicted octanol–water partition coefficient (Wildman–Crippen LogP) is -1.19. The molecule has 3 heterocycles. The van der Waals surface area contributed by atoms with Gasteiger partial charge in [-0.2, -0.15) is 5.06 Å². The highest BCUT2D eigenvalue weighted by Crippen LogP contribution is 2.13. The van der Waals surface area contributed by atoms with Crippen LogP contribution in [0.25, 0.3) is 0 Å². The fraction of sp³-hybridized carbons (Fsp3) is 0.667. The predicted molar refractivity (Wildman–Crippen MR) is 86.4 cm³/mol. The van der Waals surface area contributed by atoms with Crippen molar-refractivity contribution in [2.45, 2.75) is 18.9 Å². The number of hydroxylamine groups is 2. The van der Waals surface area contributed by atoms with Gasteiger partial charge in [0.25, 0.3) is 5.56 Å². The van der Waals surface area contributed by atoms with Crippen molar-refractivity contribution in [3.05, 3.63) is 22.7 Å². The Morgan fingerprint density at radius 1 is 1.38 bits per heavy atom. The maximum Gasteiger partial charge on any atom is 0.252 e. The molecule has 2 fully saturated rings. The van der Waals surface area contributed by atoms with Gasteiger partial charge in [0, 0.05) is 51.8 Å². The Morgan fingerprint density at radius 2 is 2.25 bits per heavy atom. The number of aromatic amines is 1. The van der Waals surface area contributed by atoms with Gasteiger partial charge in [-0.25, -0.2) is 4.98 Å². The highest BCUT2D eigenvalue weighted by atomic mass is 16.7. The Balaban J connectivity index is 1.57. The first kappa shape index (κ1) is 16.9. The number of nitrogens with one attached hydrogen (secondary N) is 1. The van der Waals surface area contributed by atoms with Gasteiger partial charge >= 0.3 is 0 Å². The van der Waals surface area contributed by atoms with Crippen molar-refractivity contribution in [3.63, 3.8) is 0 Å². The van der Waals surface area contributed by atoms with Crippen LogP contribution in [0.2, 0.25) is 0 Å². The molecular weight excluding hydrogens is 314 g/mol. The lowest BCUT2D eigenvalue weighted by molar-refractivity contribution is -0.139. The number of hydrogen-bond acceptors (Lipinski definition) is 7. The molecule has 0 saturated carbocycles. The molecule has 3 rings (SSSR count). The van der Waals surface area contributed by atoms with Crippen molar-refractivity contribution in [1.29, 1.82) is 0 Å². The van der Waals surface area contributed by atoms with E-state index in [-0.39, 0.29) is 11.5 Å². The fourth-order valence-corrected chi connectivity index (χ4v) is 3.01. The molecule has 0 aliphatic carbocycles. The molecule has 1 atom stereocenters. The first-order chi connectivity index (χ1) is 11.6. The van der Waals surface area contributed by atoms with E-state index in [0.29, 0.717) is 45.0 Å². The van der Waals surface area contributed by atoms with E-state index in [0.717, 1.165) is 19.6 Å². The molecule has 24 heavy (non-hydrogen) atoms. The van der Waals surface area contributed by atoms with Crippen LogP contribution < -0.4 is 10.5 Å². The van der Waals surface area contributed by atoms with E-state index < -0.39 is 6.10 Å². The number of aromatic nitrogens is 2. The maximum atomic E-state index is 12.4. The number of carbonyl (C=O) groups excluding carboxylic acids is 1. The standard InChI is InChI=1S/C15H23N5O4/c21-12-9-18(13-8-14(22)17-11-16-13)5-6-19(10-12)15(23)2-4-20-3-1-7-24-20/h8,11-12,21H,1-7,9-10H2,(H,16,17,22)/t12-/m0/s1. The van der Waals surface area contributed by atoms with E-state index in [1.165, 1.54) is 12.4 Å². The molecule has 2 saturated heterocycles. The summed E-state index contributed by atoms with van der Waals surface area (Å²) < 4.78 is 0. The summed E-state index contributed by atoms with van der Waals surface area (Å²) in [6.07, 6.45) is 2.03.